The van der Waals surface area contributed by atoms with E-state index in [0.29, 0.717) is 30.0 Å². The lowest BCUT2D eigenvalue weighted by Crippen LogP contribution is -2.29. The Balaban J connectivity index is 0.00000300. The number of nitrogens with one attached hydrogen (secondary N) is 1. The van der Waals surface area contributed by atoms with E-state index >= 15 is 0 Å². The molecule has 0 heterocycles. The molecule has 0 bridgehead atoms. The molecule has 1 N–H and O–H groups in total. The number of rotatable bonds is 8. The van der Waals surface area contributed by atoms with Crippen molar-refractivity contribution in [3.05, 3.63) is 58.6 Å². The first-order valence-electron chi connectivity index (χ1n) is 10.6. The predicted molar refractivity (Wildman–Crippen MR) is 124 cm³/mol. The van der Waals surface area contributed by atoms with Gasteiger partial charge in [-0.3, -0.25) is 0 Å². The molecular weight excluding hydrogens is 405 g/mol. The fraction of sp³-hybridized carbons (Fsp3) is 0.500. The maximum atomic E-state index is 6.57. The van der Waals surface area contributed by atoms with Gasteiger partial charge in [0, 0.05) is 12.6 Å². The highest BCUT2D eigenvalue weighted by molar-refractivity contribution is 6.32. The van der Waals surface area contributed by atoms with Crippen LogP contribution in [0.2, 0.25) is 5.02 Å². The highest BCUT2D eigenvalue weighted by Gasteiger charge is 2.15. The zero-order valence-corrected chi connectivity index (χ0v) is 18.9. The average Bonchev–Trinajstić information content (AvgIpc) is 2.67. The van der Waals surface area contributed by atoms with Gasteiger partial charge in [-0.2, -0.15) is 0 Å². The van der Waals surface area contributed by atoms with E-state index in [0.717, 1.165) is 23.4 Å². The summed E-state index contributed by atoms with van der Waals surface area (Å²) in [5.74, 6) is 1.35. The Morgan fingerprint density at radius 1 is 0.931 bits per heavy atom. The average molecular weight is 438 g/mol. The zero-order chi connectivity index (χ0) is 19.6. The van der Waals surface area contributed by atoms with E-state index in [1.165, 1.54) is 44.9 Å². The molecule has 5 heteroatoms. The Kier molecular flexibility index (Phi) is 10.7. The predicted octanol–water partition coefficient (Wildman–Crippen LogP) is 6.94. The van der Waals surface area contributed by atoms with Crippen LogP contribution in [0.5, 0.6) is 11.5 Å². The maximum absolute atomic E-state index is 6.57. The first-order chi connectivity index (χ1) is 13.8. The van der Waals surface area contributed by atoms with Gasteiger partial charge in [0.05, 0.1) is 11.6 Å². The molecule has 3 rings (SSSR count). The Morgan fingerprint density at radius 3 is 2.31 bits per heavy atom. The van der Waals surface area contributed by atoms with Crippen molar-refractivity contribution in [3.8, 4) is 11.5 Å². The Morgan fingerprint density at radius 2 is 1.62 bits per heavy atom. The van der Waals surface area contributed by atoms with Gasteiger partial charge in [0.25, 0.3) is 0 Å². The van der Waals surface area contributed by atoms with Crippen molar-refractivity contribution in [2.24, 2.45) is 0 Å². The molecule has 2 aromatic rings. The van der Waals surface area contributed by atoms with E-state index < -0.39 is 0 Å². The van der Waals surface area contributed by atoms with Crippen LogP contribution in [0.1, 0.15) is 63.0 Å². The van der Waals surface area contributed by atoms with Crippen molar-refractivity contribution in [1.29, 1.82) is 0 Å². The lowest BCUT2D eigenvalue weighted by molar-refractivity contribution is 0.269. The first kappa shape index (κ1) is 23.9. The molecule has 160 valence electrons. The summed E-state index contributed by atoms with van der Waals surface area (Å²) in [6, 6.07) is 14.8. The third kappa shape index (κ3) is 7.73. The van der Waals surface area contributed by atoms with Crippen LogP contribution in [-0.2, 0) is 13.2 Å². The maximum Gasteiger partial charge on any atom is 0.180 e. The monoisotopic (exact) mass is 437 g/mol. The quantitative estimate of drug-likeness (QED) is 0.484. The molecular formula is C24H33Cl2NO2. The third-order valence-corrected chi connectivity index (χ3v) is 5.58. The standard InChI is InChI=1S/C24H32ClNO2.ClH/c1-2-27-23-16-20(17-26-21-13-9-4-3-5-10-14-21)15-22(25)24(23)28-18-19-11-7-6-8-12-19;/h6-8,11-12,15-16,21,26H,2-5,9-10,13-14,17-18H2,1H3;1H. The highest BCUT2D eigenvalue weighted by atomic mass is 35.5. The fourth-order valence-electron chi connectivity index (χ4n) is 3.78. The van der Waals surface area contributed by atoms with Gasteiger partial charge in [0.15, 0.2) is 11.5 Å². The Hall–Kier alpha value is -1.42. The molecule has 0 radical (unpaired) electrons. The molecule has 0 atom stereocenters. The van der Waals surface area contributed by atoms with Crippen LogP contribution in [0.4, 0.5) is 0 Å². The molecule has 0 saturated heterocycles. The lowest BCUT2D eigenvalue weighted by atomic mass is 9.96. The van der Waals surface area contributed by atoms with Gasteiger partial charge in [0.2, 0.25) is 0 Å². The third-order valence-electron chi connectivity index (χ3n) is 5.30. The summed E-state index contributed by atoms with van der Waals surface area (Å²) in [5, 5.41) is 4.33. The molecule has 0 amide bonds. The van der Waals surface area contributed by atoms with Crippen molar-refractivity contribution in [2.45, 2.75) is 71.1 Å². The molecule has 1 saturated carbocycles. The van der Waals surface area contributed by atoms with Gasteiger partial charge in [-0.25, -0.2) is 0 Å². The second-order valence-corrected chi connectivity index (χ2v) is 7.94. The molecule has 0 aliphatic heterocycles. The summed E-state index contributed by atoms with van der Waals surface area (Å²) in [6.07, 6.45) is 9.32. The number of benzene rings is 2. The molecule has 2 aromatic carbocycles. The molecule has 3 nitrogen and oxygen atoms in total. The number of halogens is 2. The smallest absolute Gasteiger partial charge is 0.180 e. The normalized spacial score (nSPS) is 15.1. The largest absolute Gasteiger partial charge is 0.490 e. The van der Waals surface area contributed by atoms with Crippen LogP contribution in [0, 0.1) is 0 Å². The molecule has 0 spiro atoms. The molecule has 1 aliphatic carbocycles. The van der Waals surface area contributed by atoms with Crippen LogP contribution < -0.4 is 14.8 Å². The zero-order valence-electron chi connectivity index (χ0n) is 17.3. The fourth-order valence-corrected chi connectivity index (χ4v) is 4.07. The van der Waals surface area contributed by atoms with E-state index in [1.807, 2.05) is 43.3 Å². The van der Waals surface area contributed by atoms with Gasteiger partial charge >= 0.3 is 0 Å². The molecule has 0 unspecified atom stereocenters. The van der Waals surface area contributed by atoms with Crippen molar-refractivity contribution in [1.82, 2.24) is 5.32 Å². The molecule has 1 aliphatic rings. The molecule has 1 fully saturated rings. The number of ether oxygens (including phenoxy) is 2. The van der Waals surface area contributed by atoms with Crippen molar-refractivity contribution in [2.75, 3.05) is 6.61 Å². The highest BCUT2D eigenvalue weighted by Crippen LogP contribution is 2.37. The Labute approximate surface area is 186 Å². The second-order valence-electron chi connectivity index (χ2n) is 7.54. The summed E-state index contributed by atoms with van der Waals surface area (Å²) in [7, 11) is 0. The topological polar surface area (TPSA) is 30.5 Å². The van der Waals surface area contributed by atoms with Crippen LogP contribution in [0.15, 0.2) is 42.5 Å². The number of hydrogen-bond acceptors (Lipinski definition) is 3. The van der Waals surface area contributed by atoms with E-state index in [9.17, 15) is 0 Å². The Bertz CT molecular complexity index is 716. The van der Waals surface area contributed by atoms with Crippen molar-refractivity contribution < 1.29 is 9.47 Å². The van der Waals surface area contributed by atoms with Gasteiger partial charge in [-0.1, -0.05) is 74.0 Å². The summed E-state index contributed by atoms with van der Waals surface area (Å²) in [6.45, 7) is 3.84. The van der Waals surface area contributed by atoms with E-state index in [2.05, 4.69) is 11.4 Å². The van der Waals surface area contributed by atoms with Gasteiger partial charge in [-0.15, -0.1) is 12.4 Å². The SMILES string of the molecule is CCOc1cc(CNC2CCCCCCC2)cc(Cl)c1OCc1ccccc1.Cl. The van der Waals surface area contributed by atoms with E-state index in [4.69, 9.17) is 21.1 Å². The summed E-state index contributed by atoms with van der Waals surface area (Å²) in [5.41, 5.74) is 2.25. The van der Waals surface area contributed by atoms with Crippen LogP contribution >= 0.6 is 24.0 Å². The summed E-state index contributed by atoms with van der Waals surface area (Å²) >= 11 is 6.57. The number of hydrogen-bond donors (Lipinski definition) is 1. The minimum Gasteiger partial charge on any atom is -0.490 e. The van der Waals surface area contributed by atoms with Gasteiger partial charge in [0.1, 0.15) is 6.61 Å². The van der Waals surface area contributed by atoms with E-state index in [1.54, 1.807) is 0 Å². The second kappa shape index (κ2) is 13.0. The van der Waals surface area contributed by atoms with Crippen LogP contribution in [-0.4, -0.2) is 12.6 Å². The molecule has 29 heavy (non-hydrogen) atoms. The summed E-state index contributed by atoms with van der Waals surface area (Å²) < 4.78 is 11.8. The first-order valence-corrected chi connectivity index (χ1v) is 11.0. The van der Waals surface area contributed by atoms with Crippen LogP contribution in [0.3, 0.4) is 0 Å². The van der Waals surface area contributed by atoms with Crippen molar-refractivity contribution >= 4 is 24.0 Å². The minimum absolute atomic E-state index is 0. The minimum atomic E-state index is 0. The summed E-state index contributed by atoms with van der Waals surface area (Å²) in [4.78, 5) is 0. The lowest BCUT2D eigenvalue weighted by Gasteiger charge is -2.22. The van der Waals surface area contributed by atoms with Crippen LogP contribution in [0.25, 0.3) is 0 Å². The van der Waals surface area contributed by atoms with E-state index in [-0.39, 0.29) is 12.4 Å². The molecule has 0 aromatic heterocycles. The van der Waals surface area contributed by atoms with Gasteiger partial charge in [-0.05, 0) is 43.0 Å². The van der Waals surface area contributed by atoms with Gasteiger partial charge < -0.3 is 14.8 Å². The van der Waals surface area contributed by atoms with Crippen molar-refractivity contribution in [3.63, 3.8) is 0 Å².